The van der Waals surface area contributed by atoms with Crippen LogP contribution in [0.1, 0.15) is 11.1 Å². The van der Waals surface area contributed by atoms with Crippen LogP contribution in [0, 0.1) is 0 Å². The van der Waals surface area contributed by atoms with Crippen LogP contribution in [0.25, 0.3) is 0 Å². The van der Waals surface area contributed by atoms with E-state index in [0.717, 1.165) is 22.0 Å². The highest BCUT2D eigenvalue weighted by atomic mass is 79.9. The maximum absolute atomic E-state index is 5.75. The average Bonchev–Trinajstić information content (AvgIpc) is 2.77. The van der Waals surface area contributed by atoms with E-state index in [1.807, 2.05) is 25.5 Å². The summed E-state index contributed by atoms with van der Waals surface area (Å²) in [6.07, 6.45) is 4.74. The minimum Gasteiger partial charge on any atom is -0.492 e. The molecule has 0 unspecified atom stereocenters. The zero-order chi connectivity index (χ0) is 13.0. The Morgan fingerprint density at radius 2 is 2.17 bits per heavy atom. The molecular weight excluding hydrogens is 360 g/mol. The van der Waals surface area contributed by atoms with Crippen molar-refractivity contribution in [3.63, 3.8) is 0 Å². The van der Waals surface area contributed by atoms with Crippen LogP contribution in [0.2, 0.25) is 0 Å². The van der Waals surface area contributed by atoms with Gasteiger partial charge in [0.2, 0.25) is 0 Å². The number of aryl methyl sites for hydroxylation is 1. The molecule has 0 spiro atoms. The number of aromatic nitrogens is 2. The van der Waals surface area contributed by atoms with Gasteiger partial charge in [-0.1, -0.05) is 22.0 Å². The van der Waals surface area contributed by atoms with Gasteiger partial charge in [0, 0.05) is 25.0 Å². The highest BCUT2D eigenvalue weighted by molar-refractivity contribution is 9.10. The third kappa shape index (κ3) is 3.59. The number of alkyl halides is 1. The molecule has 0 aliphatic heterocycles. The number of hydrogen-bond donors (Lipinski definition) is 0. The SMILES string of the molecule is Cn1cc(CCOc2ccc(CBr)cc2Br)cn1. The molecule has 0 radical (unpaired) electrons. The molecular formula is C13H14Br2N2O. The highest BCUT2D eigenvalue weighted by Crippen LogP contribution is 2.26. The van der Waals surface area contributed by atoms with Crippen molar-refractivity contribution >= 4 is 31.9 Å². The molecule has 0 N–H and O–H groups in total. The van der Waals surface area contributed by atoms with Crippen LogP contribution in [0.3, 0.4) is 0 Å². The summed E-state index contributed by atoms with van der Waals surface area (Å²) in [5.74, 6) is 0.878. The van der Waals surface area contributed by atoms with Crippen LogP contribution >= 0.6 is 31.9 Å². The second-order valence-corrected chi connectivity index (χ2v) is 5.43. The molecule has 0 saturated heterocycles. The second kappa shape index (κ2) is 6.38. The summed E-state index contributed by atoms with van der Waals surface area (Å²) in [6, 6.07) is 6.11. The highest BCUT2D eigenvalue weighted by Gasteiger charge is 2.03. The molecule has 1 heterocycles. The standard InChI is InChI=1S/C13H14Br2N2O/c1-17-9-11(8-16-17)4-5-18-13-3-2-10(7-14)6-12(13)15/h2-3,6,8-9H,4-5,7H2,1H3. The molecule has 0 aliphatic rings. The Balaban J connectivity index is 1.90. The van der Waals surface area contributed by atoms with Gasteiger partial charge >= 0.3 is 0 Å². The predicted molar refractivity (Wildman–Crippen MR) is 79.2 cm³/mol. The Bertz CT molecular complexity index is 525. The van der Waals surface area contributed by atoms with E-state index in [2.05, 4.69) is 49.1 Å². The van der Waals surface area contributed by atoms with Crippen molar-refractivity contribution in [2.24, 2.45) is 7.05 Å². The van der Waals surface area contributed by atoms with E-state index in [0.29, 0.717) is 6.61 Å². The Labute approximate surface area is 123 Å². The topological polar surface area (TPSA) is 27.1 Å². The van der Waals surface area contributed by atoms with Crippen molar-refractivity contribution in [1.82, 2.24) is 9.78 Å². The Morgan fingerprint density at radius 3 is 2.78 bits per heavy atom. The fourth-order valence-electron chi connectivity index (χ4n) is 1.62. The van der Waals surface area contributed by atoms with Gasteiger partial charge in [-0.25, -0.2) is 0 Å². The van der Waals surface area contributed by atoms with Gasteiger partial charge in [-0.3, -0.25) is 4.68 Å². The van der Waals surface area contributed by atoms with Gasteiger partial charge in [-0.15, -0.1) is 0 Å². The first-order valence-electron chi connectivity index (χ1n) is 5.64. The molecule has 0 amide bonds. The van der Waals surface area contributed by atoms with E-state index >= 15 is 0 Å². The molecule has 1 aromatic carbocycles. The summed E-state index contributed by atoms with van der Waals surface area (Å²) >= 11 is 6.95. The third-order valence-electron chi connectivity index (χ3n) is 2.56. The zero-order valence-electron chi connectivity index (χ0n) is 10.1. The molecule has 0 atom stereocenters. The zero-order valence-corrected chi connectivity index (χ0v) is 13.2. The quantitative estimate of drug-likeness (QED) is 0.747. The van der Waals surface area contributed by atoms with E-state index < -0.39 is 0 Å². The summed E-state index contributed by atoms with van der Waals surface area (Å²) in [7, 11) is 1.92. The van der Waals surface area contributed by atoms with E-state index in [-0.39, 0.29) is 0 Å². The van der Waals surface area contributed by atoms with Gasteiger partial charge < -0.3 is 4.74 Å². The first-order chi connectivity index (χ1) is 8.69. The summed E-state index contributed by atoms with van der Waals surface area (Å²) in [4.78, 5) is 0. The smallest absolute Gasteiger partial charge is 0.133 e. The molecule has 2 aromatic rings. The molecule has 3 nitrogen and oxygen atoms in total. The van der Waals surface area contributed by atoms with E-state index in [1.54, 1.807) is 4.68 Å². The van der Waals surface area contributed by atoms with Gasteiger partial charge in [0.1, 0.15) is 5.75 Å². The van der Waals surface area contributed by atoms with E-state index in [1.165, 1.54) is 11.1 Å². The van der Waals surface area contributed by atoms with Gasteiger partial charge in [-0.2, -0.15) is 5.10 Å². The maximum Gasteiger partial charge on any atom is 0.133 e. The molecule has 0 bridgehead atoms. The third-order valence-corrected chi connectivity index (χ3v) is 3.82. The number of nitrogens with zero attached hydrogens (tertiary/aromatic N) is 2. The van der Waals surface area contributed by atoms with Crippen LogP contribution in [-0.4, -0.2) is 16.4 Å². The van der Waals surface area contributed by atoms with Crippen LogP contribution in [0.5, 0.6) is 5.75 Å². The number of rotatable bonds is 5. The summed E-state index contributed by atoms with van der Waals surface area (Å²) in [5.41, 5.74) is 2.41. The predicted octanol–water partition coefficient (Wildman–Crippen LogP) is 3.70. The van der Waals surface area contributed by atoms with Crippen LogP contribution in [0.15, 0.2) is 35.1 Å². The average molecular weight is 374 g/mol. The fourth-order valence-corrected chi connectivity index (χ4v) is 2.51. The van der Waals surface area contributed by atoms with Crippen LogP contribution < -0.4 is 4.74 Å². The molecule has 0 fully saturated rings. The number of benzene rings is 1. The van der Waals surface area contributed by atoms with Crippen molar-refractivity contribution in [2.75, 3.05) is 6.61 Å². The molecule has 0 aliphatic carbocycles. The fraction of sp³-hybridized carbons (Fsp3) is 0.308. The van der Waals surface area contributed by atoms with Crippen molar-refractivity contribution in [2.45, 2.75) is 11.8 Å². The Hall–Kier alpha value is -0.810. The van der Waals surface area contributed by atoms with E-state index in [4.69, 9.17) is 4.74 Å². The van der Waals surface area contributed by atoms with Crippen LogP contribution in [-0.2, 0) is 18.8 Å². The minimum absolute atomic E-state index is 0.651. The minimum atomic E-state index is 0.651. The molecule has 1 aromatic heterocycles. The normalized spacial score (nSPS) is 10.6. The molecule has 2 rings (SSSR count). The Kier molecular flexibility index (Phi) is 4.83. The Morgan fingerprint density at radius 1 is 1.33 bits per heavy atom. The summed E-state index contributed by atoms with van der Waals surface area (Å²) < 4.78 is 8.54. The largest absolute Gasteiger partial charge is 0.492 e. The first kappa shape index (κ1) is 13.6. The van der Waals surface area contributed by atoms with Crippen molar-refractivity contribution in [3.05, 3.63) is 46.2 Å². The summed E-state index contributed by atoms with van der Waals surface area (Å²) in [6.45, 7) is 0.651. The van der Waals surface area contributed by atoms with Gasteiger partial charge in [0.25, 0.3) is 0 Å². The monoisotopic (exact) mass is 372 g/mol. The lowest BCUT2D eigenvalue weighted by Gasteiger charge is -2.08. The van der Waals surface area contributed by atoms with Gasteiger partial charge in [0.15, 0.2) is 0 Å². The van der Waals surface area contributed by atoms with Crippen molar-refractivity contribution in [3.8, 4) is 5.75 Å². The second-order valence-electron chi connectivity index (χ2n) is 4.02. The molecule has 96 valence electrons. The summed E-state index contributed by atoms with van der Waals surface area (Å²) in [5, 5.41) is 4.98. The number of ether oxygens (including phenoxy) is 1. The van der Waals surface area contributed by atoms with E-state index in [9.17, 15) is 0 Å². The lowest BCUT2D eigenvalue weighted by atomic mass is 10.2. The molecule has 0 saturated carbocycles. The van der Waals surface area contributed by atoms with Gasteiger partial charge in [-0.05, 0) is 39.2 Å². The maximum atomic E-state index is 5.75. The van der Waals surface area contributed by atoms with Crippen LogP contribution in [0.4, 0.5) is 0 Å². The number of halogens is 2. The lowest BCUT2D eigenvalue weighted by molar-refractivity contribution is 0.320. The number of hydrogen-bond acceptors (Lipinski definition) is 2. The molecule has 18 heavy (non-hydrogen) atoms. The first-order valence-corrected chi connectivity index (χ1v) is 7.55. The van der Waals surface area contributed by atoms with Crippen molar-refractivity contribution < 1.29 is 4.74 Å². The van der Waals surface area contributed by atoms with Crippen molar-refractivity contribution in [1.29, 1.82) is 0 Å². The lowest BCUT2D eigenvalue weighted by Crippen LogP contribution is -2.01. The molecule has 5 heteroatoms. The van der Waals surface area contributed by atoms with Gasteiger partial charge in [0.05, 0.1) is 17.3 Å².